The van der Waals surface area contributed by atoms with Gasteiger partial charge in [-0.1, -0.05) is 30.3 Å². The number of piperidine rings is 2. The number of rotatable bonds is 5. The molecule has 2 fully saturated rings. The maximum Gasteiger partial charge on any atom is 0.252 e. The Hall–Kier alpha value is -3.22. The molecule has 3 aromatic rings. The van der Waals surface area contributed by atoms with Gasteiger partial charge in [0.25, 0.3) is 5.56 Å². The lowest BCUT2D eigenvalue weighted by molar-refractivity contribution is 0.400. The Balaban J connectivity index is 1.30. The summed E-state index contributed by atoms with van der Waals surface area (Å²) in [6.07, 6.45) is 8.76. The number of H-pyrrole nitrogens is 1. The monoisotopic (exact) mass is 444 g/mol. The fourth-order valence-electron chi connectivity index (χ4n) is 4.98. The maximum atomic E-state index is 12.5. The summed E-state index contributed by atoms with van der Waals surface area (Å²) in [5, 5.41) is 0. The topological polar surface area (TPSA) is 78.0 Å². The summed E-state index contributed by atoms with van der Waals surface area (Å²) in [5.74, 6) is 2.09. The predicted molar refractivity (Wildman–Crippen MR) is 132 cm³/mol. The molecule has 0 saturated carbocycles. The van der Waals surface area contributed by atoms with E-state index in [1.165, 1.54) is 24.8 Å². The summed E-state index contributed by atoms with van der Waals surface area (Å²) in [7, 11) is 0. The minimum atomic E-state index is -0.138. The lowest BCUT2D eigenvalue weighted by atomic mass is 9.90. The first-order valence-electron chi connectivity index (χ1n) is 12.1. The average Bonchev–Trinajstić information content (AvgIpc) is 2.85. The molecule has 1 N–H and O–H groups in total. The second-order valence-electron chi connectivity index (χ2n) is 9.29. The van der Waals surface area contributed by atoms with Crippen molar-refractivity contribution in [1.29, 1.82) is 0 Å². The molecule has 33 heavy (non-hydrogen) atoms. The molecule has 0 amide bonds. The number of hydrogen-bond donors (Lipinski definition) is 1. The van der Waals surface area contributed by atoms with E-state index in [1.54, 1.807) is 6.07 Å². The summed E-state index contributed by atoms with van der Waals surface area (Å²) >= 11 is 0. The van der Waals surface area contributed by atoms with Crippen molar-refractivity contribution in [2.75, 3.05) is 36.0 Å². The number of aryl methyl sites for hydroxylation is 1. The Kier molecular flexibility index (Phi) is 6.37. The van der Waals surface area contributed by atoms with Gasteiger partial charge < -0.3 is 9.80 Å². The lowest BCUT2D eigenvalue weighted by Gasteiger charge is -2.32. The molecule has 1 aromatic carbocycles. The number of aromatic amines is 1. The fraction of sp³-hybridized carbons (Fsp3) is 0.462. The van der Waals surface area contributed by atoms with Crippen LogP contribution in [0.4, 0.5) is 11.9 Å². The quantitative estimate of drug-likeness (QED) is 0.641. The van der Waals surface area contributed by atoms with Crippen LogP contribution in [0, 0.1) is 12.8 Å². The van der Waals surface area contributed by atoms with Crippen molar-refractivity contribution < 1.29 is 0 Å². The van der Waals surface area contributed by atoms with Crippen molar-refractivity contribution in [3.05, 3.63) is 64.2 Å². The third-order valence-corrected chi connectivity index (χ3v) is 6.89. The van der Waals surface area contributed by atoms with E-state index in [2.05, 4.69) is 50.1 Å². The normalized spacial score (nSPS) is 17.4. The molecule has 5 rings (SSSR count). The Morgan fingerprint density at radius 1 is 0.970 bits per heavy atom. The zero-order valence-corrected chi connectivity index (χ0v) is 19.3. The Morgan fingerprint density at radius 2 is 1.73 bits per heavy atom. The molecule has 4 heterocycles. The molecule has 2 aromatic heterocycles. The third kappa shape index (κ3) is 5.07. The average molecular weight is 445 g/mol. The van der Waals surface area contributed by atoms with Gasteiger partial charge in [0.2, 0.25) is 11.9 Å². The summed E-state index contributed by atoms with van der Waals surface area (Å²) in [5.41, 5.74) is 3.58. The van der Waals surface area contributed by atoms with Crippen molar-refractivity contribution >= 4 is 11.9 Å². The van der Waals surface area contributed by atoms with Gasteiger partial charge in [-0.25, -0.2) is 15.0 Å². The lowest BCUT2D eigenvalue weighted by Crippen LogP contribution is -2.36. The Morgan fingerprint density at radius 3 is 2.45 bits per heavy atom. The summed E-state index contributed by atoms with van der Waals surface area (Å²) < 4.78 is 0. The molecule has 0 unspecified atom stereocenters. The van der Waals surface area contributed by atoms with Gasteiger partial charge in [0.1, 0.15) is 0 Å². The predicted octanol–water partition coefficient (Wildman–Crippen LogP) is 3.98. The largest absolute Gasteiger partial charge is 0.342 e. The molecular weight excluding hydrogens is 412 g/mol. The number of benzene rings is 1. The van der Waals surface area contributed by atoms with Crippen molar-refractivity contribution in [1.82, 2.24) is 19.9 Å². The number of nitrogens with one attached hydrogen (secondary N) is 1. The molecule has 172 valence electrons. The zero-order chi connectivity index (χ0) is 22.6. The second kappa shape index (κ2) is 9.73. The molecule has 2 saturated heterocycles. The minimum absolute atomic E-state index is 0.138. The highest BCUT2D eigenvalue weighted by atomic mass is 16.1. The van der Waals surface area contributed by atoms with Crippen molar-refractivity contribution in [3.63, 3.8) is 0 Å². The van der Waals surface area contributed by atoms with Crippen molar-refractivity contribution in [3.8, 4) is 11.3 Å². The number of aromatic nitrogens is 4. The molecule has 7 heteroatoms. The number of anilines is 2. The van der Waals surface area contributed by atoms with E-state index in [9.17, 15) is 4.79 Å². The van der Waals surface area contributed by atoms with Gasteiger partial charge in [-0.15, -0.1) is 0 Å². The maximum absolute atomic E-state index is 12.5. The zero-order valence-electron chi connectivity index (χ0n) is 19.3. The molecule has 0 atom stereocenters. The first-order chi connectivity index (χ1) is 16.2. The SMILES string of the molecule is Cc1nc(N2CCCCC2)ncc1-c1cc(=O)[nH]c(N2CCC(Cc3ccccc3)CC2)n1. The molecule has 0 radical (unpaired) electrons. The summed E-state index contributed by atoms with van der Waals surface area (Å²) in [4.78, 5) is 34.0. The van der Waals surface area contributed by atoms with Crippen LogP contribution in [0.2, 0.25) is 0 Å². The van der Waals surface area contributed by atoms with Crippen LogP contribution in [0.1, 0.15) is 43.4 Å². The van der Waals surface area contributed by atoms with E-state index in [-0.39, 0.29) is 5.56 Å². The van der Waals surface area contributed by atoms with Gasteiger partial charge in [0, 0.05) is 44.0 Å². The van der Waals surface area contributed by atoms with Crippen LogP contribution in [-0.4, -0.2) is 46.1 Å². The van der Waals surface area contributed by atoms with E-state index < -0.39 is 0 Å². The van der Waals surface area contributed by atoms with Crippen molar-refractivity contribution in [2.24, 2.45) is 5.92 Å². The molecule has 2 aliphatic rings. The van der Waals surface area contributed by atoms with Gasteiger partial charge in [-0.3, -0.25) is 9.78 Å². The van der Waals surface area contributed by atoms with Gasteiger partial charge in [0.05, 0.1) is 11.4 Å². The molecule has 2 aliphatic heterocycles. The van der Waals surface area contributed by atoms with Crippen LogP contribution in [0.15, 0.2) is 47.4 Å². The highest BCUT2D eigenvalue weighted by Crippen LogP contribution is 2.26. The molecule has 7 nitrogen and oxygen atoms in total. The molecule has 0 bridgehead atoms. The van der Waals surface area contributed by atoms with Crippen LogP contribution in [0.25, 0.3) is 11.3 Å². The number of nitrogens with zero attached hydrogens (tertiary/aromatic N) is 5. The van der Waals surface area contributed by atoms with Gasteiger partial charge in [-0.05, 0) is 56.9 Å². The smallest absolute Gasteiger partial charge is 0.252 e. The second-order valence-corrected chi connectivity index (χ2v) is 9.29. The Labute approximate surface area is 194 Å². The van der Waals surface area contributed by atoms with Gasteiger partial charge >= 0.3 is 0 Å². The van der Waals surface area contributed by atoms with Crippen LogP contribution < -0.4 is 15.4 Å². The highest BCUT2D eigenvalue weighted by molar-refractivity contribution is 5.62. The van der Waals surface area contributed by atoms with Crippen molar-refractivity contribution in [2.45, 2.75) is 45.4 Å². The molecular formula is C26H32N6O. The first-order valence-corrected chi connectivity index (χ1v) is 12.1. The van der Waals surface area contributed by atoms with E-state index in [0.29, 0.717) is 17.6 Å². The molecule has 0 spiro atoms. The molecule has 0 aliphatic carbocycles. The fourth-order valence-corrected chi connectivity index (χ4v) is 4.98. The van der Waals surface area contributed by atoms with Crippen LogP contribution in [0.5, 0.6) is 0 Å². The number of hydrogen-bond acceptors (Lipinski definition) is 6. The minimum Gasteiger partial charge on any atom is -0.342 e. The van der Waals surface area contributed by atoms with E-state index in [4.69, 9.17) is 9.97 Å². The van der Waals surface area contributed by atoms with Gasteiger partial charge in [-0.2, -0.15) is 0 Å². The van der Waals surface area contributed by atoms with Crippen LogP contribution in [0.3, 0.4) is 0 Å². The van der Waals surface area contributed by atoms with E-state index in [1.807, 2.05) is 13.1 Å². The standard InChI is InChI=1S/C26H32N6O/c1-19-22(18-27-25(28-19)31-12-6-3-7-13-31)23-17-24(33)30-26(29-23)32-14-10-21(11-15-32)16-20-8-4-2-5-9-20/h2,4-5,8-9,17-18,21H,3,6-7,10-16H2,1H3,(H,29,30,33). The van der Waals surface area contributed by atoms with E-state index in [0.717, 1.165) is 62.6 Å². The van der Waals surface area contributed by atoms with Crippen LogP contribution in [-0.2, 0) is 6.42 Å². The van der Waals surface area contributed by atoms with E-state index >= 15 is 0 Å². The highest BCUT2D eigenvalue weighted by Gasteiger charge is 2.22. The summed E-state index contributed by atoms with van der Waals surface area (Å²) in [6.45, 7) is 5.78. The van der Waals surface area contributed by atoms with Gasteiger partial charge in [0.15, 0.2) is 0 Å². The third-order valence-electron chi connectivity index (χ3n) is 6.89. The summed E-state index contributed by atoms with van der Waals surface area (Å²) in [6, 6.07) is 12.2. The van der Waals surface area contributed by atoms with Crippen LogP contribution >= 0.6 is 0 Å². The Bertz CT molecular complexity index is 1130. The first kappa shape index (κ1) is 21.6.